The smallest absolute Gasteiger partial charge is 0.303 e. The molecule has 1 N–H and O–H groups in total. The fraction of sp³-hybridized carbons (Fsp3) is 0.421. The molecule has 0 bridgehead atoms. The van der Waals surface area contributed by atoms with Crippen LogP contribution in [0.25, 0.3) is 11.3 Å². The van der Waals surface area contributed by atoms with E-state index in [4.69, 9.17) is 21.1 Å². The maximum atomic E-state index is 11.0. The molecule has 1 saturated heterocycles. The van der Waals surface area contributed by atoms with Gasteiger partial charge in [0.2, 0.25) is 0 Å². The van der Waals surface area contributed by atoms with Gasteiger partial charge in [-0.15, -0.1) is 0 Å². The number of likely N-dealkylation sites (tertiary alicyclic amines) is 1. The number of halogens is 1. The topological polar surface area (TPSA) is 53.7 Å². The van der Waals surface area contributed by atoms with Crippen molar-refractivity contribution in [2.24, 2.45) is 11.3 Å². The Bertz CT molecular complexity index is 720. The molecule has 4 nitrogen and oxygen atoms in total. The highest BCUT2D eigenvalue weighted by Crippen LogP contribution is 2.38. The Kier molecular flexibility index (Phi) is 4.70. The largest absolute Gasteiger partial charge is 0.481 e. The molecule has 128 valence electrons. The lowest BCUT2D eigenvalue weighted by Crippen LogP contribution is -2.24. The van der Waals surface area contributed by atoms with Gasteiger partial charge in [0.25, 0.3) is 0 Å². The van der Waals surface area contributed by atoms with Crippen LogP contribution in [0.2, 0.25) is 5.02 Å². The summed E-state index contributed by atoms with van der Waals surface area (Å²) in [5.41, 5.74) is 1.00. The molecular weight excluding hydrogens is 326 g/mol. The predicted molar refractivity (Wildman–Crippen MR) is 94.0 cm³/mol. The summed E-state index contributed by atoms with van der Waals surface area (Å²) in [6.45, 7) is 6.65. The van der Waals surface area contributed by atoms with E-state index in [1.165, 1.54) is 0 Å². The highest BCUT2D eigenvalue weighted by atomic mass is 35.5. The number of carbonyl (C=O) groups is 1. The minimum atomic E-state index is -0.724. The average molecular weight is 348 g/mol. The van der Waals surface area contributed by atoms with E-state index >= 15 is 0 Å². The number of rotatable bonds is 5. The van der Waals surface area contributed by atoms with Crippen LogP contribution in [-0.2, 0) is 11.3 Å². The number of carboxylic acids is 1. The van der Waals surface area contributed by atoms with Gasteiger partial charge in [-0.05, 0) is 47.7 Å². The van der Waals surface area contributed by atoms with Crippen LogP contribution in [0.4, 0.5) is 0 Å². The van der Waals surface area contributed by atoms with Crippen LogP contribution in [-0.4, -0.2) is 29.1 Å². The van der Waals surface area contributed by atoms with Gasteiger partial charge in [-0.2, -0.15) is 0 Å². The van der Waals surface area contributed by atoms with E-state index in [-0.39, 0.29) is 17.8 Å². The molecule has 1 unspecified atom stereocenters. The van der Waals surface area contributed by atoms with E-state index in [1.54, 1.807) is 0 Å². The molecule has 5 heteroatoms. The van der Waals surface area contributed by atoms with E-state index in [9.17, 15) is 4.79 Å². The van der Waals surface area contributed by atoms with Crippen molar-refractivity contribution in [1.82, 2.24) is 4.90 Å². The molecule has 2 heterocycles. The molecular formula is C19H22ClNO3. The van der Waals surface area contributed by atoms with Crippen molar-refractivity contribution >= 4 is 17.6 Å². The molecule has 1 aliphatic heterocycles. The first-order chi connectivity index (χ1) is 11.3. The molecule has 1 aromatic heterocycles. The van der Waals surface area contributed by atoms with E-state index in [2.05, 4.69) is 18.7 Å². The molecule has 0 amide bonds. The van der Waals surface area contributed by atoms with Crippen LogP contribution in [0, 0.1) is 11.3 Å². The van der Waals surface area contributed by atoms with Gasteiger partial charge in [0, 0.05) is 30.1 Å². The fourth-order valence-corrected chi connectivity index (χ4v) is 3.58. The van der Waals surface area contributed by atoms with Crippen LogP contribution in [0.5, 0.6) is 0 Å². The Labute approximate surface area is 147 Å². The van der Waals surface area contributed by atoms with Crippen LogP contribution < -0.4 is 0 Å². The molecule has 0 spiro atoms. The Hall–Kier alpha value is -1.78. The lowest BCUT2D eigenvalue weighted by atomic mass is 9.80. The summed E-state index contributed by atoms with van der Waals surface area (Å²) in [5, 5.41) is 9.79. The standard InChI is InChI=1S/C19H22ClNO3/c1-19(2)12-21(10-14(19)9-18(22)23)11-16-7-8-17(24-16)13-3-5-15(20)6-4-13/h3-8,14H,9-12H2,1-2H3,(H,22,23). The number of hydrogen-bond donors (Lipinski definition) is 1. The molecule has 1 atom stereocenters. The maximum absolute atomic E-state index is 11.0. The van der Waals surface area contributed by atoms with Gasteiger partial charge in [0.15, 0.2) is 0 Å². The third-order valence-corrected chi connectivity index (χ3v) is 5.06. The van der Waals surface area contributed by atoms with E-state index in [1.807, 2.05) is 36.4 Å². The number of benzene rings is 1. The van der Waals surface area contributed by atoms with E-state index < -0.39 is 5.97 Å². The normalized spacial score (nSPS) is 20.4. The van der Waals surface area contributed by atoms with Crippen molar-refractivity contribution in [3.05, 3.63) is 47.2 Å². The SMILES string of the molecule is CC1(C)CN(Cc2ccc(-c3ccc(Cl)cc3)o2)CC1CC(=O)O. The average Bonchev–Trinajstić information content (AvgIpc) is 3.04. The molecule has 24 heavy (non-hydrogen) atoms. The van der Waals surface area contributed by atoms with E-state index in [0.717, 1.165) is 30.2 Å². The summed E-state index contributed by atoms with van der Waals surface area (Å²) in [7, 11) is 0. The molecule has 1 aliphatic rings. The summed E-state index contributed by atoms with van der Waals surface area (Å²) >= 11 is 5.91. The van der Waals surface area contributed by atoms with Gasteiger partial charge < -0.3 is 9.52 Å². The first-order valence-corrected chi connectivity index (χ1v) is 8.50. The van der Waals surface area contributed by atoms with Crippen LogP contribution >= 0.6 is 11.6 Å². The van der Waals surface area contributed by atoms with Crippen molar-refractivity contribution in [2.75, 3.05) is 13.1 Å². The number of hydrogen-bond acceptors (Lipinski definition) is 3. The molecule has 0 aliphatic carbocycles. The van der Waals surface area contributed by atoms with Gasteiger partial charge in [-0.3, -0.25) is 9.69 Å². The highest BCUT2D eigenvalue weighted by Gasteiger charge is 2.40. The summed E-state index contributed by atoms with van der Waals surface area (Å²) < 4.78 is 5.95. The third kappa shape index (κ3) is 3.82. The highest BCUT2D eigenvalue weighted by molar-refractivity contribution is 6.30. The Morgan fingerprint density at radius 3 is 2.67 bits per heavy atom. The van der Waals surface area contributed by atoms with E-state index in [0.29, 0.717) is 11.6 Å². The molecule has 1 fully saturated rings. The van der Waals surface area contributed by atoms with Crippen LogP contribution in [0.1, 0.15) is 26.0 Å². The molecule has 0 saturated carbocycles. The zero-order valence-corrected chi connectivity index (χ0v) is 14.7. The lowest BCUT2D eigenvalue weighted by molar-refractivity contribution is -0.138. The quantitative estimate of drug-likeness (QED) is 0.863. The van der Waals surface area contributed by atoms with Gasteiger partial charge in [-0.25, -0.2) is 0 Å². The van der Waals surface area contributed by atoms with Crippen LogP contribution in [0.15, 0.2) is 40.8 Å². The van der Waals surface area contributed by atoms with Crippen molar-refractivity contribution in [2.45, 2.75) is 26.8 Å². The lowest BCUT2D eigenvalue weighted by Gasteiger charge is -2.24. The summed E-state index contributed by atoms with van der Waals surface area (Å²) in [6.07, 6.45) is 0.220. The monoisotopic (exact) mass is 347 g/mol. The van der Waals surface area contributed by atoms with Crippen molar-refractivity contribution in [1.29, 1.82) is 0 Å². The Morgan fingerprint density at radius 2 is 2.00 bits per heavy atom. The third-order valence-electron chi connectivity index (χ3n) is 4.81. The zero-order valence-electron chi connectivity index (χ0n) is 14.0. The molecule has 1 aromatic carbocycles. The minimum Gasteiger partial charge on any atom is -0.481 e. The van der Waals surface area contributed by atoms with Crippen molar-refractivity contribution in [3.63, 3.8) is 0 Å². The molecule has 0 radical (unpaired) electrons. The van der Waals surface area contributed by atoms with Crippen molar-refractivity contribution in [3.8, 4) is 11.3 Å². The molecule has 3 rings (SSSR count). The van der Waals surface area contributed by atoms with Crippen LogP contribution in [0.3, 0.4) is 0 Å². The van der Waals surface area contributed by atoms with Gasteiger partial charge >= 0.3 is 5.97 Å². The fourth-order valence-electron chi connectivity index (χ4n) is 3.45. The Morgan fingerprint density at radius 1 is 1.29 bits per heavy atom. The van der Waals surface area contributed by atoms with Crippen molar-refractivity contribution < 1.29 is 14.3 Å². The zero-order chi connectivity index (χ0) is 17.3. The Balaban J connectivity index is 1.67. The van der Waals surface area contributed by atoms with Gasteiger partial charge in [0.05, 0.1) is 6.54 Å². The minimum absolute atomic E-state index is 0.00396. The summed E-state index contributed by atoms with van der Waals surface area (Å²) in [6, 6.07) is 11.5. The number of aliphatic carboxylic acids is 1. The second-order valence-electron chi connectivity index (χ2n) is 7.23. The first kappa shape index (κ1) is 17.1. The summed E-state index contributed by atoms with van der Waals surface area (Å²) in [5.74, 6) is 1.16. The number of furan rings is 1. The first-order valence-electron chi connectivity index (χ1n) is 8.12. The second kappa shape index (κ2) is 6.61. The maximum Gasteiger partial charge on any atom is 0.303 e. The number of nitrogens with zero attached hydrogens (tertiary/aromatic N) is 1. The van der Waals surface area contributed by atoms with Gasteiger partial charge in [-0.1, -0.05) is 25.4 Å². The molecule has 2 aromatic rings. The predicted octanol–water partition coefficient (Wildman–Crippen LogP) is 4.53. The second-order valence-corrected chi connectivity index (χ2v) is 7.66. The summed E-state index contributed by atoms with van der Waals surface area (Å²) in [4.78, 5) is 13.3. The number of carboxylic acid groups (broad SMARTS) is 1. The van der Waals surface area contributed by atoms with Gasteiger partial charge in [0.1, 0.15) is 11.5 Å².